The van der Waals surface area contributed by atoms with Crippen LogP contribution in [-0.4, -0.2) is 34.4 Å². The van der Waals surface area contributed by atoms with Gasteiger partial charge < -0.3 is 20.6 Å². The highest BCUT2D eigenvalue weighted by atomic mass is 16.4. The Balaban J connectivity index is 2.93. The number of aromatic hydroxyl groups is 2. The van der Waals surface area contributed by atoms with Gasteiger partial charge in [-0.1, -0.05) is 6.07 Å². The molecule has 0 aromatic heterocycles. The summed E-state index contributed by atoms with van der Waals surface area (Å²) in [6.45, 7) is 1.65. The third kappa shape index (κ3) is 2.64. The SMILES string of the molecule is CN[C@@H](Cc1cc(C)c(O)c(O)c1)C(=O)O. The van der Waals surface area contributed by atoms with Gasteiger partial charge in [0.05, 0.1) is 0 Å². The molecule has 0 fully saturated rings. The lowest BCUT2D eigenvalue weighted by atomic mass is 10.0. The summed E-state index contributed by atoms with van der Waals surface area (Å²) in [5, 5.41) is 30.2. The fraction of sp³-hybridized carbons (Fsp3) is 0.364. The number of phenolic OH excluding ortho intramolecular Hbond substituents is 2. The number of hydrogen-bond donors (Lipinski definition) is 4. The summed E-state index contributed by atoms with van der Waals surface area (Å²) in [7, 11) is 1.56. The van der Waals surface area contributed by atoms with E-state index in [1.54, 1.807) is 20.0 Å². The fourth-order valence-corrected chi connectivity index (χ4v) is 1.50. The van der Waals surface area contributed by atoms with Crippen LogP contribution in [0.5, 0.6) is 11.5 Å². The number of phenols is 2. The number of aliphatic carboxylic acids is 1. The van der Waals surface area contributed by atoms with Crippen molar-refractivity contribution in [2.75, 3.05) is 7.05 Å². The first-order valence-corrected chi connectivity index (χ1v) is 4.87. The maximum atomic E-state index is 10.8. The predicted molar refractivity (Wildman–Crippen MR) is 58.7 cm³/mol. The first-order chi connectivity index (χ1) is 7.45. The molecule has 0 spiro atoms. The average molecular weight is 225 g/mol. The Morgan fingerprint density at radius 1 is 1.44 bits per heavy atom. The lowest BCUT2D eigenvalue weighted by molar-refractivity contribution is -0.139. The lowest BCUT2D eigenvalue weighted by Crippen LogP contribution is -2.35. The molecule has 16 heavy (non-hydrogen) atoms. The van der Waals surface area contributed by atoms with Crippen LogP contribution in [0.3, 0.4) is 0 Å². The zero-order valence-electron chi connectivity index (χ0n) is 9.19. The Labute approximate surface area is 93.4 Å². The van der Waals surface area contributed by atoms with Gasteiger partial charge in [0, 0.05) is 0 Å². The van der Waals surface area contributed by atoms with E-state index in [2.05, 4.69) is 5.32 Å². The van der Waals surface area contributed by atoms with E-state index in [0.29, 0.717) is 11.1 Å². The molecule has 0 amide bonds. The first kappa shape index (κ1) is 12.3. The van der Waals surface area contributed by atoms with Crippen molar-refractivity contribution in [1.29, 1.82) is 0 Å². The number of hydrogen-bond acceptors (Lipinski definition) is 4. The summed E-state index contributed by atoms with van der Waals surface area (Å²) in [5.74, 6) is -1.34. The molecule has 5 nitrogen and oxygen atoms in total. The molecule has 0 radical (unpaired) electrons. The van der Waals surface area contributed by atoms with Gasteiger partial charge in [-0.2, -0.15) is 0 Å². The van der Waals surface area contributed by atoms with Crippen LogP contribution in [0.25, 0.3) is 0 Å². The summed E-state index contributed by atoms with van der Waals surface area (Å²) < 4.78 is 0. The van der Waals surface area contributed by atoms with Crippen LogP contribution in [-0.2, 0) is 11.2 Å². The second kappa shape index (κ2) is 4.85. The topological polar surface area (TPSA) is 89.8 Å². The van der Waals surface area contributed by atoms with Crippen LogP contribution in [0.2, 0.25) is 0 Å². The highest BCUT2D eigenvalue weighted by Gasteiger charge is 2.16. The van der Waals surface area contributed by atoms with Crippen molar-refractivity contribution in [3.63, 3.8) is 0 Å². The van der Waals surface area contributed by atoms with Gasteiger partial charge in [0.1, 0.15) is 6.04 Å². The molecule has 0 aliphatic carbocycles. The molecule has 5 heteroatoms. The zero-order valence-corrected chi connectivity index (χ0v) is 9.19. The molecule has 1 aromatic carbocycles. The summed E-state index contributed by atoms with van der Waals surface area (Å²) in [5.41, 5.74) is 1.18. The van der Waals surface area contributed by atoms with Crippen LogP contribution >= 0.6 is 0 Å². The van der Waals surface area contributed by atoms with Gasteiger partial charge in [0.15, 0.2) is 11.5 Å². The Bertz CT molecular complexity index is 380. The van der Waals surface area contributed by atoms with E-state index < -0.39 is 12.0 Å². The van der Waals surface area contributed by atoms with Crippen molar-refractivity contribution in [2.45, 2.75) is 19.4 Å². The van der Waals surface area contributed by atoms with E-state index in [9.17, 15) is 15.0 Å². The van der Waals surface area contributed by atoms with Crippen LogP contribution in [0.4, 0.5) is 0 Å². The van der Waals surface area contributed by atoms with Gasteiger partial charge in [-0.05, 0) is 37.6 Å². The fourth-order valence-electron chi connectivity index (χ4n) is 1.50. The number of carboxylic acids is 1. The highest BCUT2D eigenvalue weighted by molar-refractivity contribution is 5.74. The molecule has 88 valence electrons. The summed E-state index contributed by atoms with van der Waals surface area (Å²) in [4.78, 5) is 10.8. The molecule has 1 rings (SSSR count). The van der Waals surface area contributed by atoms with E-state index in [1.807, 2.05) is 0 Å². The molecule has 0 unspecified atom stereocenters. The van der Waals surface area contributed by atoms with Crippen LogP contribution in [0, 0.1) is 6.92 Å². The molecule has 0 aliphatic heterocycles. The molecular formula is C11H15NO4. The van der Waals surface area contributed by atoms with E-state index in [4.69, 9.17) is 5.11 Å². The van der Waals surface area contributed by atoms with E-state index >= 15 is 0 Å². The molecule has 0 aliphatic rings. The minimum atomic E-state index is -0.951. The molecule has 0 saturated heterocycles. The van der Waals surface area contributed by atoms with Crippen molar-refractivity contribution in [1.82, 2.24) is 5.32 Å². The normalized spacial score (nSPS) is 12.4. The van der Waals surface area contributed by atoms with E-state index in [1.165, 1.54) is 6.07 Å². The minimum Gasteiger partial charge on any atom is -0.504 e. The summed E-state index contributed by atoms with van der Waals surface area (Å²) >= 11 is 0. The number of rotatable bonds is 4. The number of likely N-dealkylation sites (N-methyl/N-ethyl adjacent to an activating group) is 1. The van der Waals surface area contributed by atoms with Crippen molar-refractivity contribution in [3.8, 4) is 11.5 Å². The molecular weight excluding hydrogens is 210 g/mol. The lowest BCUT2D eigenvalue weighted by Gasteiger charge is -2.12. The van der Waals surface area contributed by atoms with Crippen LogP contribution in [0.1, 0.15) is 11.1 Å². The van der Waals surface area contributed by atoms with Gasteiger partial charge in [0.25, 0.3) is 0 Å². The molecule has 0 saturated carbocycles. The number of nitrogens with one attached hydrogen (secondary N) is 1. The van der Waals surface area contributed by atoms with Crippen molar-refractivity contribution in [3.05, 3.63) is 23.3 Å². The Hall–Kier alpha value is -1.75. The summed E-state index contributed by atoms with van der Waals surface area (Å²) in [6.07, 6.45) is 0.251. The van der Waals surface area contributed by atoms with E-state index in [0.717, 1.165) is 0 Å². The Morgan fingerprint density at radius 2 is 2.06 bits per heavy atom. The Kier molecular flexibility index (Phi) is 3.73. The third-order valence-corrected chi connectivity index (χ3v) is 2.43. The summed E-state index contributed by atoms with van der Waals surface area (Å²) in [6, 6.07) is 2.32. The van der Waals surface area contributed by atoms with E-state index in [-0.39, 0.29) is 17.9 Å². The minimum absolute atomic E-state index is 0.167. The molecule has 4 N–H and O–H groups in total. The van der Waals surface area contributed by atoms with Gasteiger partial charge in [-0.3, -0.25) is 4.79 Å². The van der Waals surface area contributed by atoms with Crippen molar-refractivity contribution in [2.24, 2.45) is 0 Å². The zero-order chi connectivity index (χ0) is 12.3. The molecule has 0 heterocycles. The molecule has 1 atom stereocenters. The molecule has 0 bridgehead atoms. The van der Waals surface area contributed by atoms with Gasteiger partial charge in [-0.25, -0.2) is 0 Å². The number of carbonyl (C=O) groups is 1. The number of benzene rings is 1. The first-order valence-electron chi connectivity index (χ1n) is 4.87. The maximum Gasteiger partial charge on any atom is 0.321 e. The number of carboxylic acid groups (broad SMARTS) is 1. The number of aryl methyl sites for hydroxylation is 1. The standard InChI is InChI=1S/C11H15NO4/c1-6-3-7(5-9(13)10(6)14)4-8(12-2)11(15)16/h3,5,8,12-14H,4H2,1-2H3,(H,15,16)/t8-/m0/s1. The van der Waals surface area contributed by atoms with Crippen molar-refractivity contribution < 1.29 is 20.1 Å². The van der Waals surface area contributed by atoms with Crippen molar-refractivity contribution >= 4 is 5.97 Å². The molecule has 1 aromatic rings. The van der Waals surface area contributed by atoms with Crippen LogP contribution in [0.15, 0.2) is 12.1 Å². The third-order valence-electron chi connectivity index (χ3n) is 2.43. The average Bonchev–Trinajstić information content (AvgIpc) is 2.21. The monoisotopic (exact) mass is 225 g/mol. The predicted octanol–water partition coefficient (Wildman–Crippen LogP) is 0.621. The second-order valence-corrected chi connectivity index (χ2v) is 3.66. The van der Waals surface area contributed by atoms with Crippen LogP contribution < -0.4 is 5.32 Å². The highest BCUT2D eigenvalue weighted by Crippen LogP contribution is 2.29. The maximum absolute atomic E-state index is 10.8. The Morgan fingerprint density at radius 3 is 2.50 bits per heavy atom. The van der Waals surface area contributed by atoms with Gasteiger partial charge in [0.2, 0.25) is 0 Å². The smallest absolute Gasteiger partial charge is 0.321 e. The second-order valence-electron chi connectivity index (χ2n) is 3.66. The van der Waals surface area contributed by atoms with Gasteiger partial charge in [-0.15, -0.1) is 0 Å². The quantitative estimate of drug-likeness (QED) is 0.564. The van der Waals surface area contributed by atoms with Gasteiger partial charge >= 0.3 is 5.97 Å². The largest absolute Gasteiger partial charge is 0.504 e.